The van der Waals surface area contributed by atoms with Crippen molar-refractivity contribution in [3.63, 3.8) is 0 Å². The zero-order valence-corrected chi connectivity index (χ0v) is 13.9. The minimum Gasteiger partial charge on any atom is -0.462 e. The fourth-order valence-corrected chi connectivity index (χ4v) is 1.93. The van der Waals surface area contributed by atoms with Gasteiger partial charge in [0.15, 0.2) is 0 Å². The van der Waals surface area contributed by atoms with Crippen molar-refractivity contribution in [2.24, 2.45) is 0 Å². The van der Waals surface area contributed by atoms with E-state index in [4.69, 9.17) is 14.7 Å². The van der Waals surface area contributed by atoms with E-state index in [9.17, 15) is 9.59 Å². The third-order valence-electron chi connectivity index (χ3n) is 3.12. The smallest absolute Gasteiger partial charge is 0.334 e. The summed E-state index contributed by atoms with van der Waals surface area (Å²) in [7, 11) is 0. The first-order valence-corrected chi connectivity index (χ1v) is 7.89. The van der Waals surface area contributed by atoms with Crippen LogP contribution in [0.4, 0.5) is 0 Å². The molecule has 0 aliphatic heterocycles. The van der Waals surface area contributed by atoms with Crippen LogP contribution in [0.3, 0.4) is 0 Å². The lowest BCUT2D eigenvalue weighted by Crippen LogP contribution is -2.21. The Labute approximate surface area is 133 Å². The minimum absolute atomic E-state index is 0.0560. The summed E-state index contributed by atoms with van der Waals surface area (Å²) >= 11 is 0. The molecule has 0 aliphatic rings. The van der Waals surface area contributed by atoms with Gasteiger partial charge in [0.05, 0.1) is 18.9 Å². The van der Waals surface area contributed by atoms with Crippen LogP contribution in [0.25, 0.3) is 0 Å². The van der Waals surface area contributed by atoms with Gasteiger partial charge in [-0.15, -0.1) is 0 Å². The van der Waals surface area contributed by atoms with Crippen LogP contribution in [-0.2, 0) is 19.1 Å². The average molecular weight is 309 g/mol. The predicted molar refractivity (Wildman–Crippen MR) is 83.9 cm³/mol. The normalized spacial score (nSPS) is 12.8. The molecule has 0 aromatic heterocycles. The van der Waals surface area contributed by atoms with Crippen molar-refractivity contribution < 1.29 is 19.1 Å². The minimum atomic E-state index is -0.653. The summed E-state index contributed by atoms with van der Waals surface area (Å²) in [5, 5.41) is 8.52. The van der Waals surface area contributed by atoms with E-state index in [1.165, 1.54) is 0 Å². The second-order valence-electron chi connectivity index (χ2n) is 5.40. The Balaban J connectivity index is 4.29. The summed E-state index contributed by atoms with van der Waals surface area (Å²) in [6.45, 7) is 9.31. The molecule has 0 saturated carbocycles. The molecule has 0 heterocycles. The molecule has 2 atom stereocenters. The molecule has 5 heteroatoms. The van der Waals surface area contributed by atoms with Crippen LogP contribution < -0.4 is 0 Å². The lowest BCUT2D eigenvalue weighted by molar-refractivity contribution is -0.152. The number of nitrogens with zero attached hydrogens (tertiary/aromatic N) is 1. The highest BCUT2D eigenvalue weighted by Crippen LogP contribution is 2.14. The number of carbonyl (C=O) groups is 2. The molecular weight excluding hydrogens is 282 g/mol. The molecule has 0 amide bonds. The average Bonchev–Trinajstić information content (AvgIpc) is 2.44. The molecule has 0 aromatic rings. The summed E-state index contributed by atoms with van der Waals surface area (Å²) in [6, 6.07) is 1.91. The summed E-state index contributed by atoms with van der Waals surface area (Å²) in [6.07, 6.45) is 3.98. The van der Waals surface area contributed by atoms with Crippen molar-refractivity contribution in [3.8, 4) is 6.07 Å². The third kappa shape index (κ3) is 9.17. The molecule has 0 bridgehead atoms. The van der Waals surface area contributed by atoms with E-state index in [-0.39, 0.29) is 24.5 Å². The predicted octanol–water partition coefficient (Wildman–Crippen LogP) is 3.68. The maximum absolute atomic E-state index is 11.9. The van der Waals surface area contributed by atoms with Gasteiger partial charge in [0.1, 0.15) is 12.2 Å². The zero-order chi connectivity index (χ0) is 17.0. The summed E-state index contributed by atoms with van der Waals surface area (Å²) in [5.74, 6) is -1.11. The number of rotatable bonds is 11. The molecule has 124 valence electrons. The van der Waals surface area contributed by atoms with Crippen LogP contribution in [-0.4, -0.2) is 24.1 Å². The van der Waals surface area contributed by atoms with E-state index in [0.29, 0.717) is 0 Å². The van der Waals surface area contributed by atoms with Crippen molar-refractivity contribution >= 4 is 11.9 Å². The fraction of sp³-hybridized carbons (Fsp3) is 0.706. The summed E-state index contributed by atoms with van der Waals surface area (Å²) in [4.78, 5) is 23.6. The Hall–Kier alpha value is -1.83. The van der Waals surface area contributed by atoms with E-state index in [0.717, 1.165) is 32.1 Å². The molecule has 0 spiro atoms. The molecule has 0 radical (unpaired) electrons. The van der Waals surface area contributed by atoms with Crippen LogP contribution in [0.2, 0.25) is 0 Å². The van der Waals surface area contributed by atoms with Gasteiger partial charge in [0, 0.05) is 5.57 Å². The van der Waals surface area contributed by atoms with Gasteiger partial charge in [-0.25, -0.2) is 4.79 Å². The zero-order valence-electron chi connectivity index (χ0n) is 13.9. The number of nitriles is 1. The number of carbonyl (C=O) groups excluding carboxylic acids is 2. The Kier molecular flexibility index (Phi) is 10.8. The van der Waals surface area contributed by atoms with Crippen LogP contribution in [0.1, 0.15) is 65.7 Å². The van der Waals surface area contributed by atoms with Gasteiger partial charge >= 0.3 is 11.9 Å². The van der Waals surface area contributed by atoms with Gasteiger partial charge < -0.3 is 9.47 Å². The first-order chi connectivity index (χ1) is 10.4. The summed E-state index contributed by atoms with van der Waals surface area (Å²) in [5.41, 5.74) is 0.0560. The molecule has 0 aromatic carbocycles. The Morgan fingerprint density at radius 1 is 1.18 bits per heavy atom. The Morgan fingerprint density at radius 2 is 1.86 bits per heavy atom. The number of hydrogen-bond donors (Lipinski definition) is 0. The third-order valence-corrected chi connectivity index (χ3v) is 3.12. The Morgan fingerprint density at radius 3 is 2.41 bits per heavy atom. The van der Waals surface area contributed by atoms with Gasteiger partial charge in [-0.1, -0.05) is 39.7 Å². The number of unbranched alkanes of at least 4 members (excludes halogenated alkanes) is 1. The molecule has 2 unspecified atom stereocenters. The second kappa shape index (κ2) is 11.8. The fourth-order valence-electron chi connectivity index (χ4n) is 1.93. The van der Waals surface area contributed by atoms with Gasteiger partial charge in [0.25, 0.3) is 0 Å². The number of ether oxygens (including phenoxy) is 2. The van der Waals surface area contributed by atoms with Crippen molar-refractivity contribution in [1.29, 1.82) is 5.26 Å². The van der Waals surface area contributed by atoms with Gasteiger partial charge in [-0.3, -0.25) is 4.79 Å². The van der Waals surface area contributed by atoms with E-state index in [1.54, 1.807) is 6.92 Å². The quantitative estimate of drug-likeness (QED) is 0.430. The molecule has 0 aliphatic carbocycles. The standard InChI is InChI=1S/C17H27NO4/c1-5-7-9-15(8-6-2)22-16(19)12-13(3)17(20)21-14(4)10-11-18/h14-15H,3,5-10,12H2,1-2,4H3. The van der Waals surface area contributed by atoms with E-state index in [1.807, 2.05) is 13.0 Å². The molecular formula is C17H27NO4. The highest BCUT2D eigenvalue weighted by molar-refractivity contribution is 5.93. The molecule has 0 fully saturated rings. The SMILES string of the molecule is C=C(CC(=O)OC(CCC)CCCC)C(=O)OC(C)CC#N. The van der Waals surface area contributed by atoms with Crippen molar-refractivity contribution in [2.75, 3.05) is 0 Å². The van der Waals surface area contributed by atoms with Crippen LogP contribution in [0.15, 0.2) is 12.2 Å². The van der Waals surface area contributed by atoms with Crippen LogP contribution >= 0.6 is 0 Å². The molecule has 0 N–H and O–H groups in total. The second-order valence-corrected chi connectivity index (χ2v) is 5.40. The topological polar surface area (TPSA) is 76.4 Å². The monoisotopic (exact) mass is 309 g/mol. The molecule has 0 saturated heterocycles. The van der Waals surface area contributed by atoms with E-state index >= 15 is 0 Å². The maximum Gasteiger partial charge on any atom is 0.334 e. The van der Waals surface area contributed by atoms with E-state index in [2.05, 4.69) is 13.5 Å². The van der Waals surface area contributed by atoms with Gasteiger partial charge in [-0.05, 0) is 19.8 Å². The van der Waals surface area contributed by atoms with E-state index < -0.39 is 18.0 Å². The molecule has 0 rings (SSSR count). The maximum atomic E-state index is 11.9. The van der Waals surface area contributed by atoms with Crippen molar-refractivity contribution in [1.82, 2.24) is 0 Å². The van der Waals surface area contributed by atoms with Gasteiger partial charge in [0.2, 0.25) is 0 Å². The van der Waals surface area contributed by atoms with Gasteiger partial charge in [-0.2, -0.15) is 5.26 Å². The Bertz CT molecular complexity index is 411. The van der Waals surface area contributed by atoms with Crippen LogP contribution in [0.5, 0.6) is 0 Å². The van der Waals surface area contributed by atoms with Crippen molar-refractivity contribution in [2.45, 2.75) is 77.9 Å². The lowest BCUT2D eigenvalue weighted by atomic mass is 10.1. The van der Waals surface area contributed by atoms with Crippen LogP contribution in [0, 0.1) is 11.3 Å². The lowest BCUT2D eigenvalue weighted by Gasteiger charge is -2.17. The largest absolute Gasteiger partial charge is 0.462 e. The molecule has 22 heavy (non-hydrogen) atoms. The highest BCUT2D eigenvalue weighted by Gasteiger charge is 2.19. The highest BCUT2D eigenvalue weighted by atomic mass is 16.5. The summed E-state index contributed by atoms with van der Waals surface area (Å²) < 4.78 is 10.4. The van der Waals surface area contributed by atoms with Crippen molar-refractivity contribution in [3.05, 3.63) is 12.2 Å². The first kappa shape index (κ1) is 20.2. The number of hydrogen-bond acceptors (Lipinski definition) is 5. The number of esters is 2. The molecule has 5 nitrogen and oxygen atoms in total. The first-order valence-electron chi connectivity index (χ1n) is 7.89.